The number of hydrogen-bond donors (Lipinski definition) is 2. The minimum Gasteiger partial charge on any atom is -0.273 e. The molecule has 4 fully saturated rings. The maximum absolute atomic E-state index is 13.6. The molecule has 7 heteroatoms. The summed E-state index contributed by atoms with van der Waals surface area (Å²) in [5, 5.41) is 0. The van der Waals surface area contributed by atoms with Gasteiger partial charge in [-0.3, -0.25) is 20.4 Å². The largest absolute Gasteiger partial charge is 0.273 e. The van der Waals surface area contributed by atoms with Crippen LogP contribution in [-0.4, -0.2) is 17.6 Å². The molecule has 4 saturated carbocycles. The van der Waals surface area contributed by atoms with Crippen molar-refractivity contribution in [3.05, 3.63) is 29.8 Å². The number of thioether (sulfide) groups is 1. The van der Waals surface area contributed by atoms with E-state index in [2.05, 4.69) is 10.9 Å². The van der Waals surface area contributed by atoms with Crippen LogP contribution in [-0.2, 0) is 9.59 Å². The Labute approximate surface area is 161 Å². The molecule has 4 nitrogen and oxygen atoms in total. The lowest BCUT2D eigenvalue weighted by molar-refractivity contribution is -0.133. The molecule has 1 aromatic rings. The minimum atomic E-state index is -0.569. The summed E-state index contributed by atoms with van der Waals surface area (Å²) in [6.07, 6.45) is 7.84. The summed E-state index contributed by atoms with van der Waals surface area (Å²) in [6, 6.07) is 3.12. The Morgan fingerprint density at radius 2 is 1.59 bits per heavy atom. The second kappa shape index (κ2) is 7.41. The number of carbonyl (C=O) groups excluding carboxylic acids is 2. The van der Waals surface area contributed by atoms with Gasteiger partial charge < -0.3 is 0 Å². The standard InChI is InChI=1S/C20H24F2N2O2S/c21-15-1-2-16(22)17(6-15)27-11-19(26)24-23-18(25)10-20-7-12-3-13(8-20)5-14(4-12)9-20/h1-2,6,12-14H,3-5,7-11H2,(H,23,25)(H,24,26). The van der Waals surface area contributed by atoms with Crippen molar-refractivity contribution in [3.8, 4) is 0 Å². The van der Waals surface area contributed by atoms with Gasteiger partial charge in [0.25, 0.3) is 0 Å². The Morgan fingerprint density at radius 1 is 1.00 bits per heavy atom. The topological polar surface area (TPSA) is 58.2 Å². The molecular formula is C20H24F2N2O2S. The van der Waals surface area contributed by atoms with Crippen LogP contribution in [0.5, 0.6) is 0 Å². The van der Waals surface area contributed by atoms with E-state index < -0.39 is 17.5 Å². The quantitative estimate of drug-likeness (QED) is 0.590. The van der Waals surface area contributed by atoms with Crippen LogP contribution in [0.3, 0.4) is 0 Å². The maximum Gasteiger partial charge on any atom is 0.248 e. The van der Waals surface area contributed by atoms with Crippen molar-refractivity contribution in [1.29, 1.82) is 0 Å². The second-order valence-electron chi connectivity index (χ2n) is 8.55. The first-order valence-corrected chi connectivity index (χ1v) is 10.5. The smallest absolute Gasteiger partial charge is 0.248 e. The van der Waals surface area contributed by atoms with Crippen LogP contribution in [0, 0.1) is 34.8 Å². The zero-order chi connectivity index (χ0) is 19.0. The number of hydrazine groups is 1. The Morgan fingerprint density at radius 3 is 2.22 bits per heavy atom. The Kier molecular flexibility index (Phi) is 5.14. The molecule has 0 heterocycles. The molecule has 0 unspecified atom stereocenters. The van der Waals surface area contributed by atoms with Gasteiger partial charge in [0.05, 0.1) is 5.75 Å². The van der Waals surface area contributed by atoms with Crippen molar-refractivity contribution in [2.75, 3.05) is 5.75 Å². The molecule has 0 atom stereocenters. The van der Waals surface area contributed by atoms with Crippen LogP contribution in [0.2, 0.25) is 0 Å². The third-order valence-corrected chi connectivity index (χ3v) is 7.32. The van der Waals surface area contributed by atoms with E-state index in [0.717, 1.165) is 67.0 Å². The molecule has 0 aromatic heterocycles. The van der Waals surface area contributed by atoms with Crippen LogP contribution in [0.25, 0.3) is 0 Å². The summed E-state index contributed by atoms with van der Waals surface area (Å²) in [7, 11) is 0. The fourth-order valence-corrected chi connectivity index (χ4v) is 6.56. The first-order valence-electron chi connectivity index (χ1n) is 9.56. The highest BCUT2D eigenvalue weighted by atomic mass is 32.2. The molecule has 2 N–H and O–H groups in total. The van der Waals surface area contributed by atoms with Gasteiger partial charge in [-0.15, -0.1) is 11.8 Å². The molecule has 146 valence electrons. The van der Waals surface area contributed by atoms with Gasteiger partial charge in [-0.05, 0) is 79.9 Å². The molecule has 2 amide bonds. The summed E-state index contributed by atoms with van der Waals surface area (Å²) in [5.74, 6) is 0.500. The van der Waals surface area contributed by atoms with Crippen LogP contribution in [0.15, 0.2) is 23.1 Å². The van der Waals surface area contributed by atoms with E-state index in [1.165, 1.54) is 19.3 Å². The molecule has 0 spiro atoms. The van der Waals surface area contributed by atoms with Crippen molar-refractivity contribution in [2.45, 2.75) is 49.8 Å². The normalized spacial score (nSPS) is 31.0. The molecule has 5 rings (SSSR count). The molecule has 4 aliphatic rings. The number of hydrogen-bond acceptors (Lipinski definition) is 3. The number of amides is 2. The molecule has 4 bridgehead atoms. The fraction of sp³-hybridized carbons (Fsp3) is 0.600. The summed E-state index contributed by atoms with van der Waals surface area (Å²) in [6.45, 7) is 0. The van der Waals surface area contributed by atoms with Crippen LogP contribution in [0.4, 0.5) is 8.78 Å². The van der Waals surface area contributed by atoms with Crippen LogP contribution < -0.4 is 10.9 Å². The molecule has 0 saturated heterocycles. The van der Waals surface area contributed by atoms with Gasteiger partial charge in [0.2, 0.25) is 11.8 Å². The van der Waals surface area contributed by atoms with Gasteiger partial charge >= 0.3 is 0 Å². The highest BCUT2D eigenvalue weighted by Gasteiger charge is 2.51. The van der Waals surface area contributed by atoms with E-state index in [4.69, 9.17) is 0 Å². The van der Waals surface area contributed by atoms with Gasteiger partial charge in [-0.25, -0.2) is 8.78 Å². The number of benzene rings is 1. The number of halogens is 2. The number of nitrogens with one attached hydrogen (secondary N) is 2. The van der Waals surface area contributed by atoms with E-state index >= 15 is 0 Å². The predicted octanol–water partition coefficient (Wildman–Crippen LogP) is 3.81. The fourth-order valence-electron chi connectivity index (χ4n) is 5.80. The van der Waals surface area contributed by atoms with Gasteiger partial charge in [0.1, 0.15) is 11.6 Å². The SMILES string of the molecule is O=C(CSc1cc(F)ccc1F)NNC(=O)CC12CC3CC(CC(C3)C1)C2. The second-order valence-corrected chi connectivity index (χ2v) is 9.57. The average Bonchev–Trinajstić information content (AvgIpc) is 2.59. The number of carbonyl (C=O) groups is 2. The van der Waals surface area contributed by atoms with E-state index in [1.807, 2.05) is 0 Å². The van der Waals surface area contributed by atoms with Gasteiger partial charge in [-0.2, -0.15) is 0 Å². The lowest BCUT2D eigenvalue weighted by Crippen LogP contribution is -2.50. The van der Waals surface area contributed by atoms with Gasteiger partial charge in [-0.1, -0.05) is 0 Å². The first-order chi connectivity index (χ1) is 12.9. The molecule has 0 radical (unpaired) electrons. The van der Waals surface area contributed by atoms with Gasteiger partial charge in [0, 0.05) is 11.3 Å². The molecule has 0 aliphatic heterocycles. The third-order valence-electron chi connectivity index (χ3n) is 6.29. The molecule has 27 heavy (non-hydrogen) atoms. The van der Waals surface area contributed by atoms with E-state index in [9.17, 15) is 18.4 Å². The Balaban J connectivity index is 1.23. The molecular weight excluding hydrogens is 370 g/mol. The zero-order valence-corrected chi connectivity index (χ0v) is 15.9. The van der Waals surface area contributed by atoms with Crippen molar-refractivity contribution in [2.24, 2.45) is 23.2 Å². The zero-order valence-electron chi connectivity index (χ0n) is 15.1. The lowest BCUT2D eigenvalue weighted by atomic mass is 9.49. The maximum atomic E-state index is 13.6. The lowest BCUT2D eigenvalue weighted by Gasteiger charge is -2.56. The monoisotopic (exact) mass is 394 g/mol. The van der Waals surface area contributed by atoms with Crippen LogP contribution >= 0.6 is 11.8 Å². The summed E-state index contributed by atoms with van der Waals surface area (Å²) in [4.78, 5) is 24.4. The highest BCUT2D eigenvalue weighted by Crippen LogP contribution is 2.61. The Hall–Kier alpha value is -1.63. The van der Waals surface area contributed by atoms with E-state index in [-0.39, 0.29) is 22.0 Å². The van der Waals surface area contributed by atoms with E-state index in [0.29, 0.717) is 6.42 Å². The highest BCUT2D eigenvalue weighted by molar-refractivity contribution is 8.00. The van der Waals surface area contributed by atoms with E-state index in [1.54, 1.807) is 0 Å². The third kappa shape index (κ3) is 4.28. The number of rotatable bonds is 5. The predicted molar refractivity (Wildman–Crippen MR) is 98.6 cm³/mol. The van der Waals surface area contributed by atoms with Crippen molar-refractivity contribution < 1.29 is 18.4 Å². The summed E-state index contributed by atoms with van der Waals surface area (Å²) >= 11 is 0.898. The van der Waals surface area contributed by atoms with Crippen molar-refractivity contribution in [1.82, 2.24) is 10.9 Å². The van der Waals surface area contributed by atoms with Crippen molar-refractivity contribution in [3.63, 3.8) is 0 Å². The van der Waals surface area contributed by atoms with Gasteiger partial charge in [0.15, 0.2) is 0 Å². The Bertz CT molecular complexity index is 720. The molecule has 4 aliphatic carbocycles. The van der Waals surface area contributed by atoms with Crippen LogP contribution in [0.1, 0.15) is 44.9 Å². The first kappa shape index (κ1) is 18.7. The average molecular weight is 394 g/mol. The minimum absolute atomic E-state index is 0.0741. The summed E-state index contributed by atoms with van der Waals surface area (Å²) in [5.41, 5.74) is 5.01. The molecule has 1 aromatic carbocycles. The van der Waals surface area contributed by atoms with Crippen molar-refractivity contribution >= 4 is 23.6 Å². The summed E-state index contributed by atoms with van der Waals surface area (Å²) < 4.78 is 26.7.